The van der Waals surface area contributed by atoms with Crippen molar-refractivity contribution in [2.45, 2.75) is 46.1 Å². The van der Waals surface area contributed by atoms with E-state index in [1.54, 1.807) is 13.8 Å². The van der Waals surface area contributed by atoms with Gasteiger partial charge in [0.2, 0.25) is 0 Å². The molecular weight excluding hydrogens is 164 g/mol. The van der Waals surface area contributed by atoms with E-state index in [1.165, 1.54) is 0 Å². The van der Waals surface area contributed by atoms with Gasteiger partial charge < -0.3 is 10.1 Å². The molecule has 0 bridgehead atoms. The van der Waals surface area contributed by atoms with Gasteiger partial charge in [0.25, 0.3) is 0 Å². The van der Waals surface area contributed by atoms with Gasteiger partial charge in [0, 0.05) is 5.69 Å². The van der Waals surface area contributed by atoms with E-state index in [1.807, 2.05) is 6.92 Å². The summed E-state index contributed by atoms with van der Waals surface area (Å²) in [4.78, 5) is 7.48. The second-order valence-electron chi connectivity index (χ2n) is 4.31. The van der Waals surface area contributed by atoms with Gasteiger partial charge in [0.1, 0.15) is 11.4 Å². The van der Waals surface area contributed by atoms with Crippen LogP contribution >= 0.6 is 0 Å². The third kappa shape index (κ3) is 2.10. The molecule has 0 aromatic carbocycles. The minimum absolute atomic E-state index is 0.396. The molecule has 3 heteroatoms. The Balaban J connectivity index is 3.10. The molecule has 0 atom stereocenters. The van der Waals surface area contributed by atoms with E-state index < -0.39 is 5.60 Å². The van der Waals surface area contributed by atoms with Gasteiger partial charge in [-0.1, -0.05) is 13.8 Å². The predicted molar refractivity (Wildman–Crippen MR) is 52.7 cm³/mol. The normalized spacial score (nSPS) is 12.5. The summed E-state index contributed by atoms with van der Waals surface area (Å²) in [6.45, 7) is 9.64. The minimum atomic E-state index is -0.877. The average molecular weight is 182 g/mol. The highest BCUT2D eigenvalue weighted by molar-refractivity contribution is 5.18. The molecule has 1 heterocycles. The zero-order chi connectivity index (χ0) is 10.2. The van der Waals surface area contributed by atoms with Gasteiger partial charge in [0.15, 0.2) is 0 Å². The number of nitrogens with one attached hydrogen (secondary N) is 1. The Bertz CT molecular complexity index is 294. The number of aliphatic hydroxyl groups is 1. The predicted octanol–water partition coefficient (Wildman–Crippen LogP) is 2.07. The molecule has 3 nitrogen and oxygen atoms in total. The second-order valence-corrected chi connectivity index (χ2v) is 4.31. The molecule has 1 aromatic rings. The average Bonchev–Trinajstić information content (AvgIpc) is 2.29. The number of rotatable bonds is 2. The van der Waals surface area contributed by atoms with Crippen LogP contribution in [0.25, 0.3) is 0 Å². The number of H-pyrrole nitrogens is 1. The van der Waals surface area contributed by atoms with Crippen molar-refractivity contribution in [1.82, 2.24) is 9.97 Å². The van der Waals surface area contributed by atoms with Crippen LogP contribution in [0.4, 0.5) is 0 Å². The van der Waals surface area contributed by atoms with E-state index in [0.717, 1.165) is 11.4 Å². The highest BCUT2D eigenvalue weighted by Crippen LogP contribution is 2.22. The fourth-order valence-electron chi connectivity index (χ4n) is 1.33. The van der Waals surface area contributed by atoms with Crippen molar-refractivity contribution < 1.29 is 5.11 Å². The summed E-state index contributed by atoms with van der Waals surface area (Å²) in [6, 6.07) is 0. The second kappa shape index (κ2) is 3.14. The minimum Gasteiger partial charge on any atom is -0.383 e. The first-order valence-corrected chi connectivity index (χ1v) is 4.61. The van der Waals surface area contributed by atoms with Gasteiger partial charge in [-0.2, -0.15) is 0 Å². The molecule has 0 saturated carbocycles. The molecule has 0 spiro atoms. The van der Waals surface area contributed by atoms with Crippen LogP contribution in [0, 0.1) is 6.92 Å². The van der Waals surface area contributed by atoms with Crippen molar-refractivity contribution in [2.24, 2.45) is 0 Å². The number of aromatic amines is 1. The Morgan fingerprint density at radius 1 is 1.38 bits per heavy atom. The number of imidazole rings is 1. The van der Waals surface area contributed by atoms with Crippen LogP contribution in [0.2, 0.25) is 0 Å². The molecule has 74 valence electrons. The van der Waals surface area contributed by atoms with E-state index >= 15 is 0 Å². The van der Waals surface area contributed by atoms with Gasteiger partial charge in [-0.05, 0) is 26.7 Å². The summed E-state index contributed by atoms with van der Waals surface area (Å²) in [6.07, 6.45) is 0. The Labute approximate surface area is 79.2 Å². The Hall–Kier alpha value is -0.830. The van der Waals surface area contributed by atoms with Crippen molar-refractivity contribution in [1.29, 1.82) is 0 Å². The third-order valence-corrected chi connectivity index (χ3v) is 2.05. The molecule has 0 aliphatic rings. The monoisotopic (exact) mass is 182 g/mol. The third-order valence-electron chi connectivity index (χ3n) is 2.05. The van der Waals surface area contributed by atoms with E-state index in [-0.39, 0.29) is 0 Å². The lowest BCUT2D eigenvalue weighted by molar-refractivity contribution is 0.0694. The van der Waals surface area contributed by atoms with Gasteiger partial charge in [0.05, 0.1) is 5.69 Å². The van der Waals surface area contributed by atoms with Crippen molar-refractivity contribution in [3.05, 3.63) is 17.2 Å². The quantitative estimate of drug-likeness (QED) is 0.735. The highest BCUT2D eigenvalue weighted by atomic mass is 16.3. The molecule has 0 fully saturated rings. The van der Waals surface area contributed by atoms with E-state index in [4.69, 9.17) is 0 Å². The molecular formula is C10H18N2O. The van der Waals surface area contributed by atoms with Gasteiger partial charge in [-0.3, -0.25) is 0 Å². The summed E-state index contributed by atoms with van der Waals surface area (Å²) in [5.41, 5.74) is 1.21. The van der Waals surface area contributed by atoms with Crippen LogP contribution in [0.1, 0.15) is 50.8 Å². The van der Waals surface area contributed by atoms with Crippen molar-refractivity contribution in [2.75, 3.05) is 0 Å². The zero-order valence-electron chi connectivity index (χ0n) is 8.97. The van der Waals surface area contributed by atoms with Crippen LogP contribution in [0.15, 0.2) is 0 Å². The van der Waals surface area contributed by atoms with Gasteiger partial charge in [-0.25, -0.2) is 4.98 Å². The van der Waals surface area contributed by atoms with Crippen molar-refractivity contribution >= 4 is 0 Å². The van der Waals surface area contributed by atoms with E-state index in [2.05, 4.69) is 23.8 Å². The maximum Gasteiger partial charge on any atom is 0.138 e. The fraction of sp³-hybridized carbons (Fsp3) is 0.700. The first-order valence-electron chi connectivity index (χ1n) is 4.61. The molecule has 1 aromatic heterocycles. The van der Waals surface area contributed by atoms with Crippen LogP contribution in [-0.2, 0) is 5.60 Å². The molecule has 0 amide bonds. The number of aromatic nitrogens is 2. The topological polar surface area (TPSA) is 48.9 Å². The van der Waals surface area contributed by atoms with Crippen LogP contribution in [0.5, 0.6) is 0 Å². The van der Waals surface area contributed by atoms with Crippen molar-refractivity contribution in [3.8, 4) is 0 Å². The van der Waals surface area contributed by atoms with Gasteiger partial charge >= 0.3 is 0 Å². The number of hydrogen-bond donors (Lipinski definition) is 2. The van der Waals surface area contributed by atoms with E-state index in [9.17, 15) is 5.11 Å². The Morgan fingerprint density at radius 2 is 1.92 bits per heavy atom. The molecule has 0 aliphatic heterocycles. The summed E-state index contributed by atoms with van der Waals surface area (Å²) < 4.78 is 0. The van der Waals surface area contributed by atoms with Crippen LogP contribution in [0.3, 0.4) is 0 Å². The highest BCUT2D eigenvalue weighted by Gasteiger charge is 2.22. The Kier molecular flexibility index (Phi) is 2.48. The van der Waals surface area contributed by atoms with E-state index in [0.29, 0.717) is 11.7 Å². The van der Waals surface area contributed by atoms with Crippen LogP contribution in [-0.4, -0.2) is 15.1 Å². The lowest BCUT2D eigenvalue weighted by Crippen LogP contribution is -2.17. The smallest absolute Gasteiger partial charge is 0.138 e. The standard InChI is InChI=1S/C10H18N2O/c1-6(2)8-7(3)11-9(12-8)10(4,5)13/h6,13H,1-5H3,(H,11,12). The number of hydrogen-bond acceptors (Lipinski definition) is 2. The summed E-state index contributed by atoms with van der Waals surface area (Å²) in [5, 5.41) is 9.71. The summed E-state index contributed by atoms with van der Waals surface area (Å²) in [5.74, 6) is 1.04. The molecule has 0 saturated heterocycles. The first kappa shape index (κ1) is 10.3. The first-order chi connectivity index (χ1) is 5.82. The Morgan fingerprint density at radius 3 is 2.15 bits per heavy atom. The maximum absolute atomic E-state index is 9.71. The fourth-order valence-corrected chi connectivity index (χ4v) is 1.33. The maximum atomic E-state index is 9.71. The van der Waals surface area contributed by atoms with Crippen LogP contribution < -0.4 is 0 Å². The number of aryl methyl sites for hydroxylation is 1. The molecule has 1 rings (SSSR count). The zero-order valence-corrected chi connectivity index (χ0v) is 8.97. The molecule has 13 heavy (non-hydrogen) atoms. The van der Waals surface area contributed by atoms with Gasteiger partial charge in [-0.15, -0.1) is 0 Å². The summed E-state index contributed by atoms with van der Waals surface area (Å²) in [7, 11) is 0. The van der Waals surface area contributed by atoms with Crippen molar-refractivity contribution in [3.63, 3.8) is 0 Å². The molecule has 0 radical (unpaired) electrons. The SMILES string of the molecule is Cc1[nH]c(C(C)(C)O)nc1C(C)C. The lowest BCUT2D eigenvalue weighted by atomic mass is 10.1. The molecule has 0 unspecified atom stereocenters. The lowest BCUT2D eigenvalue weighted by Gasteiger charge is -2.12. The molecule has 0 aliphatic carbocycles. The largest absolute Gasteiger partial charge is 0.383 e. The molecule has 2 N–H and O–H groups in total. The number of nitrogens with zero attached hydrogens (tertiary/aromatic N) is 1. The summed E-state index contributed by atoms with van der Waals surface area (Å²) >= 11 is 0.